The highest BCUT2D eigenvalue weighted by molar-refractivity contribution is 14.0. The van der Waals surface area contributed by atoms with Crippen LogP contribution >= 0.6 is 24.0 Å². The summed E-state index contributed by atoms with van der Waals surface area (Å²) < 4.78 is 31.7. The Morgan fingerprint density at radius 2 is 2.00 bits per heavy atom. The molecule has 0 spiro atoms. The molecule has 1 aliphatic heterocycles. The van der Waals surface area contributed by atoms with Crippen molar-refractivity contribution in [2.75, 3.05) is 57.4 Å². The van der Waals surface area contributed by atoms with Crippen molar-refractivity contribution in [1.29, 1.82) is 0 Å². The van der Waals surface area contributed by atoms with Gasteiger partial charge in [0.1, 0.15) is 0 Å². The van der Waals surface area contributed by atoms with E-state index >= 15 is 0 Å². The number of nitrogens with zero attached hydrogens (tertiary/aromatic N) is 4. The largest absolute Gasteiger partial charge is 0.378 e. The Hall–Kier alpha value is -1.51. The number of piperazine rings is 1. The van der Waals surface area contributed by atoms with Crippen LogP contribution in [0.4, 0.5) is 5.69 Å². The summed E-state index contributed by atoms with van der Waals surface area (Å²) in [6.07, 6.45) is 3.21. The van der Waals surface area contributed by atoms with Crippen molar-refractivity contribution in [1.82, 2.24) is 19.5 Å². The average Bonchev–Trinajstić information content (AvgIpc) is 2.69. The van der Waals surface area contributed by atoms with Crippen LogP contribution in [0.2, 0.25) is 0 Å². The number of hydrogen-bond donors (Lipinski definition) is 2. The van der Waals surface area contributed by atoms with Gasteiger partial charge in [0.2, 0.25) is 15.9 Å². The summed E-state index contributed by atoms with van der Waals surface area (Å²) in [6, 6.07) is 3.50. The monoisotopic (exact) mass is 554 g/mol. The topological polar surface area (TPSA) is 116 Å². The molecule has 0 saturated carbocycles. The first kappa shape index (κ1) is 26.5. The number of halogens is 1. The highest BCUT2D eigenvalue weighted by Gasteiger charge is 2.28. The fourth-order valence-electron chi connectivity index (χ4n) is 2.83. The minimum atomic E-state index is -3.34. The molecular formula is C18H31IN6O4S. The van der Waals surface area contributed by atoms with Gasteiger partial charge in [0.05, 0.1) is 36.9 Å². The predicted octanol–water partition coefficient (Wildman–Crippen LogP) is 0.586. The lowest BCUT2D eigenvalue weighted by molar-refractivity contribution is -0.115. The average molecular weight is 554 g/mol. The van der Waals surface area contributed by atoms with E-state index in [1.54, 1.807) is 31.6 Å². The lowest BCUT2D eigenvalue weighted by Crippen LogP contribution is -2.54. The number of pyridine rings is 1. The molecule has 0 radical (unpaired) electrons. The summed E-state index contributed by atoms with van der Waals surface area (Å²) in [4.78, 5) is 22.2. The first-order valence-corrected chi connectivity index (χ1v) is 11.2. The van der Waals surface area contributed by atoms with Gasteiger partial charge in [-0.3, -0.25) is 14.8 Å². The Kier molecular flexibility index (Phi) is 11.5. The maximum absolute atomic E-state index is 12.4. The molecule has 0 bridgehead atoms. The number of carbonyl (C=O) groups excluding carboxylic acids is 1. The Balaban J connectivity index is 0.00000450. The van der Waals surface area contributed by atoms with Crippen LogP contribution in [-0.2, 0) is 19.6 Å². The maximum atomic E-state index is 12.4. The van der Waals surface area contributed by atoms with Gasteiger partial charge >= 0.3 is 0 Å². The number of carbonyl (C=O) groups is 1. The summed E-state index contributed by atoms with van der Waals surface area (Å²) in [5.41, 5.74) is 0.620. The van der Waals surface area contributed by atoms with Crippen LogP contribution in [-0.4, -0.2) is 92.7 Å². The Bertz CT molecular complexity index is 783. The van der Waals surface area contributed by atoms with E-state index in [1.807, 2.05) is 18.7 Å². The van der Waals surface area contributed by atoms with Crippen molar-refractivity contribution in [3.05, 3.63) is 24.5 Å². The lowest BCUT2D eigenvalue weighted by atomic mass is 10.4. The SMILES string of the molecule is CN=C(NCC(=O)Nc1cccnc1)N1CCN(S(=O)(=O)CCOC(C)C)CC1.I. The van der Waals surface area contributed by atoms with Gasteiger partial charge in [-0.05, 0) is 26.0 Å². The molecule has 10 nitrogen and oxygen atoms in total. The van der Waals surface area contributed by atoms with Crippen LogP contribution in [0, 0.1) is 0 Å². The minimum absolute atomic E-state index is 0. The number of aromatic nitrogens is 1. The van der Waals surface area contributed by atoms with E-state index in [2.05, 4.69) is 20.6 Å². The summed E-state index contributed by atoms with van der Waals surface area (Å²) in [7, 11) is -1.71. The van der Waals surface area contributed by atoms with E-state index in [-0.39, 0.29) is 54.9 Å². The molecule has 1 aromatic rings. The highest BCUT2D eigenvalue weighted by atomic mass is 127. The van der Waals surface area contributed by atoms with Gasteiger partial charge in [0, 0.05) is 39.4 Å². The standard InChI is InChI=1S/C18H30N6O4S.HI/c1-15(2)28-11-12-29(26,27)24-9-7-23(8-10-24)18(19-3)21-14-17(25)22-16-5-4-6-20-13-16;/h4-6,13,15H,7-12,14H2,1-3H3,(H,19,21)(H,22,25);1H. The zero-order valence-electron chi connectivity index (χ0n) is 17.6. The van der Waals surface area contributed by atoms with Crippen LogP contribution in [0.5, 0.6) is 0 Å². The second kappa shape index (κ2) is 13.0. The third kappa shape index (κ3) is 8.70. The first-order chi connectivity index (χ1) is 13.8. The number of hydrogen-bond acceptors (Lipinski definition) is 6. The second-order valence-electron chi connectivity index (χ2n) is 6.81. The van der Waals surface area contributed by atoms with Crippen LogP contribution in [0.15, 0.2) is 29.5 Å². The van der Waals surface area contributed by atoms with Crippen LogP contribution in [0.1, 0.15) is 13.8 Å². The van der Waals surface area contributed by atoms with Crippen molar-refractivity contribution < 1.29 is 17.9 Å². The minimum Gasteiger partial charge on any atom is -0.378 e. The molecule has 0 aliphatic carbocycles. The molecule has 1 aromatic heterocycles. The zero-order chi connectivity index (χ0) is 21.3. The number of anilines is 1. The van der Waals surface area contributed by atoms with Crippen LogP contribution < -0.4 is 10.6 Å². The van der Waals surface area contributed by atoms with Crippen molar-refractivity contribution in [2.45, 2.75) is 20.0 Å². The number of rotatable bonds is 8. The molecule has 1 saturated heterocycles. The maximum Gasteiger partial charge on any atom is 0.243 e. The smallest absolute Gasteiger partial charge is 0.243 e. The van der Waals surface area contributed by atoms with E-state index in [0.717, 1.165) is 0 Å². The number of ether oxygens (including phenoxy) is 1. The first-order valence-electron chi connectivity index (χ1n) is 9.56. The van der Waals surface area contributed by atoms with Crippen molar-refractivity contribution >= 4 is 51.6 Å². The Labute approximate surface area is 195 Å². The van der Waals surface area contributed by atoms with Gasteiger partial charge in [0.25, 0.3) is 0 Å². The Morgan fingerprint density at radius 1 is 1.30 bits per heavy atom. The van der Waals surface area contributed by atoms with Crippen molar-refractivity contribution in [3.8, 4) is 0 Å². The summed E-state index contributed by atoms with van der Waals surface area (Å²) in [5, 5.41) is 5.76. The number of amides is 1. The van der Waals surface area contributed by atoms with E-state index in [0.29, 0.717) is 37.8 Å². The molecule has 2 heterocycles. The van der Waals surface area contributed by atoms with Crippen LogP contribution in [0.25, 0.3) is 0 Å². The number of aliphatic imine (C=N–C) groups is 1. The molecule has 0 atom stereocenters. The third-order valence-electron chi connectivity index (χ3n) is 4.29. The fourth-order valence-corrected chi connectivity index (χ4v) is 4.11. The molecule has 0 unspecified atom stereocenters. The molecule has 170 valence electrons. The van der Waals surface area contributed by atoms with E-state index in [4.69, 9.17) is 4.74 Å². The molecule has 2 rings (SSSR count). The molecular weight excluding hydrogens is 523 g/mol. The predicted molar refractivity (Wildman–Crippen MR) is 128 cm³/mol. The Morgan fingerprint density at radius 3 is 2.57 bits per heavy atom. The molecule has 0 aromatic carbocycles. The fraction of sp³-hybridized carbons (Fsp3) is 0.611. The van der Waals surface area contributed by atoms with E-state index in [1.165, 1.54) is 4.31 Å². The molecule has 30 heavy (non-hydrogen) atoms. The van der Waals surface area contributed by atoms with Gasteiger partial charge in [-0.1, -0.05) is 0 Å². The number of guanidine groups is 1. The van der Waals surface area contributed by atoms with E-state index < -0.39 is 10.0 Å². The summed E-state index contributed by atoms with van der Waals surface area (Å²) in [5.74, 6) is 0.323. The normalized spacial score (nSPS) is 15.6. The number of nitrogens with one attached hydrogen (secondary N) is 2. The van der Waals surface area contributed by atoms with Gasteiger partial charge in [-0.25, -0.2) is 8.42 Å². The molecule has 2 N–H and O–H groups in total. The molecule has 1 aliphatic rings. The zero-order valence-corrected chi connectivity index (χ0v) is 20.7. The van der Waals surface area contributed by atoms with Gasteiger partial charge in [-0.15, -0.1) is 24.0 Å². The van der Waals surface area contributed by atoms with Gasteiger partial charge in [-0.2, -0.15) is 4.31 Å². The van der Waals surface area contributed by atoms with Gasteiger partial charge < -0.3 is 20.3 Å². The molecule has 12 heteroatoms. The number of sulfonamides is 1. The van der Waals surface area contributed by atoms with Crippen LogP contribution in [0.3, 0.4) is 0 Å². The molecule has 1 fully saturated rings. The molecule has 1 amide bonds. The van der Waals surface area contributed by atoms with E-state index in [9.17, 15) is 13.2 Å². The van der Waals surface area contributed by atoms with Crippen molar-refractivity contribution in [2.24, 2.45) is 4.99 Å². The van der Waals surface area contributed by atoms with Crippen molar-refractivity contribution in [3.63, 3.8) is 0 Å². The lowest BCUT2D eigenvalue weighted by Gasteiger charge is -2.35. The second-order valence-corrected chi connectivity index (χ2v) is 8.90. The highest BCUT2D eigenvalue weighted by Crippen LogP contribution is 2.09. The van der Waals surface area contributed by atoms with Gasteiger partial charge in [0.15, 0.2) is 5.96 Å². The summed E-state index contributed by atoms with van der Waals surface area (Å²) >= 11 is 0. The quantitative estimate of drug-likeness (QED) is 0.275. The summed E-state index contributed by atoms with van der Waals surface area (Å²) in [6.45, 7) is 5.71. The third-order valence-corrected chi connectivity index (χ3v) is 6.12.